The summed E-state index contributed by atoms with van der Waals surface area (Å²) in [6.45, 7) is 4.43. The van der Waals surface area contributed by atoms with Gasteiger partial charge in [-0.25, -0.2) is 0 Å². The number of hydrogen-bond acceptors (Lipinski definition) is 3. The van der Waals surface area contributed by atoms with Crippen molar-refractivity contribution < 1.29 is 0 Å². The van der Waals surface area contributed by atoms with Crippen LogP contribution in [0.4, 0.5) is 0 Å². The van der Waals surface area contributed by atoms with Gasteiger partial charge >= 0.3 is 4.87 Å². The summed E-state index contributed by atoms with van der Waals surface area (Å²) >= 11 is 1.27. The minimum atomic E-state index is 0.0577. The average molecular weight is 244 g/mol. The lowest BCUT2D eigenvalue weighted by molar-refractivity contribution is 0.751. The number of benzene rings is 1. The highest BCUT2D eigenvalue weighted by Gasteiger charge is 2.07. The van der Waals surface area contributed by atoms with Gasteiger partial charge in [0.1, 0.15) is 0 Å². The van der Waals surface area contributed by atoms with Crippen LogP contribution in [0.1, 0.15) is 21.7 Å². The van der Waals surface area contributed by atoms with E-state index in [9.17, 15) is 4.79 Å². The molecule has 1 heterocycles. The van der Waals surface area contributed by atoms with E-state index in [2.05, 4.69) is 6.07 Å². The second-order valence-electron chi connectivity index (χ2n) is 3.91. The molecule has 0 atom stereocenters. The molecule has 2 aromatic rings. The van der Waals surface area contributed by atoms with Gasteiger partial charge in [0, 0.05) is 10.6 Å². The van der Waals surface area contributed by atoms with E-state index in [0.29, 0.717) is 12.1 Å². The van der Waals surface area contributed by atoms with Crippen molar-refractivity contribution in [3.8, 4) is 6.07 Å². The molecule has 0 aliphatic carbocycles. The van der Waals surface area contributed by atoms with Crippen molar-refractivity contribution in [2.75, 3.05) is 0 Å². The minimum Gasteiger partial charge on any atom is -0.299 e. The van der Waals surface area contributed by atoms with Gasteiger partial charge in [-0.05, 0) is 31.5 Å². The van der Waals surface area contributed by atoms with Crippen molar-refractivity contribution in [3.05, 3.63) is 55.6 Å². The zero-order valence-corrected chi connectivity index (χ0v) is 10.5. The Kier molecular flexibility index (Phi) is 3.12. The van der Waals surface area contributed by atoms with Crippen molar-refractivity contribution in [2.24, 2.45) is 0 Å². The fourth-order valence-corrected chi connectivity index (χ4v) is 2.52. The summed E-state index contributed by atoms with van der Waals surface area (Å²) in [5.41, 5.74) is 2.61. The molecule has 0 unspecified atom stereocenters. The van der Waals surface area contributed by atoms with Crippen molar-refractivity contribution >= 4 is 11.3 Å². The highest BCUT2D eigenvalue weighted by atomic mass is 32.1. The number of aryl methyl sites for hydroxylation is 1. The molecule has 17 heavy (non-hydrogen) atoms. The van der Waals surface area contributed by atoms with E-state index in [1.54, 1.807) is 10.6 Å². The van der Waals surface area contributed by atoms with Gasteiger partial charge in [0.2, 0.25) is 0 Å². The summed E-state index contributed by atoms with van der Waals surface area (Å²) in [5.74, 6) is 0. The van der Waals surface area contributed by atoms with Gasteiger partial charge in [0.15, 0.2) is 0 Å². The van der Waals surface area contributed by atoms with E-state index in [0.717, 1.165) is 16.1 Å². The second kappa shape index (κ2) is 4.56. The van der Waals surface area contributed by atoms with Gasteiger partial charge in [0.25, 0.3) is 0 Å². The summed E-state index contributed by atoms with van der Waals surface area (Å²) in [6, 6.07) is 9.45. The molecular formula is C13H12N2OS. The van der Waals surface area contributed by atoms with E-state index >= 15 is 0 Å². The Bertz CT molecular complexity index is 646. The van der Waals surface area contributed by atoms with Crippen LogP contribution in [0.2, 0.25) is 0 Å². The molecule has 1 aromatic heterocycles. The maximum absolute atomic E-state index is 11.7. The number of thiazole rings is 1. The molecule has 0 spiro atoms. The van der Waals surface area contributed by atoms with Crippen LogP contribution in [0.5, 0.6) is 0 Å². The SMILES string of the molecule is Cc1sc(=O)n(Cc2cccc(C#N)c2)c1C. The third-order valence-electron chi connectivity index (χ3n) is 2.77. The largest absolute Gasteiger partial charge is 0.307 e. The molecule has 0 bridgehead atoms. The molecule has 0 saturated carbocycles. The summed E-state index contributed by atoms with van der Waals surface area (Å²) in [7, 11) is 0. The first-order valence-electron chi connectivity index (χ1n) is 5.27. The number of nitrogens with zero attached hydrogens (tertiary/aromatic N) is 2. The molecule has 1 aromatic carbocycles. The monoisotopic (exact) mass is 244 g/mol. The van der Waals surface area contributed by atoms with Crippen molar-refractivity contribution in [3.63, 3.8) is 0 Å². The minimum absolute atomic E-state index is 0.0577. The van der Waals surface area contributed by atoms with Gasteiger partial charge in [0.05, 0.1) is 18.2 Å². The van der Waals surface area contributed by atoms with Crippen LogP contribution in [0.25, 0.3) is 0 Å². The fourth-order valence-electron chi connectivity index (χ4n) is 1.69. The van der Waals surface area contributed by atoms with E-state index in [1.165, 1.54) is 11.3 Å². The molecule has 0 N–H and O–H groups in total. The first-order valence-corrected chi connectivity index (χ1v) is 6.09. The first-order chi connectivity index (χ1) is 8.11. The van der Waals surface area contributed by atoms with E-state index in [-0.39, 0.29) is 4.87 Å². The maximum atomic E-state index is 11.7. The van der Waals surface area contributed by atoms with Gasteiger partial charge in [-0.15, -0.1) is 0 Å². The molecule has 0 radical (unpaired) electrons. The molecular weight excluding hydrogens is 232 g/mol. The molecule has 0 aliphatic rings. The van der Waals surface area contributed by atoms with Crippen LogP contribution >= 0.6 is 11.3 Å². The van der Waals surface area contributed by atoms with Crippen LogP contribution in [0.3, 0.4) is 0 Å². The Hall–Kier alpha value is -1.86. The Balaban J connectivity index is 2.38. The Labute approximate surface area is 104 Å². The maximum Gasteiger partial charge on any atom is 0.307 e. The second-order valence-corrected chi connectivity index (χ2v) is 5.07. The number of aromatic nitrogens is 1. The zero-order valence-electron chi connectivity index (χ0n) is 9.73. The van der Waals surface area contributed by atoms with Gasteiger partial charge in [-0.3, -0.25) is 9.36 Å². The van der Waals surface area contributed by atoms with Crippen LogP contribution < -0.4 is 4.87 Å². The van der Waals surface area contributed by atoms with Crippen LogP contribution in [-0.2, 0) is 6.54 Å². The third kappa shape index (κ3) is 2.29. The van der Waals surface area contributed by atoms with Crippen LogP contribution in [0, 0.1) is 25.2 Å². The van der Waals surface area contributed by atoms with Gasteiger partial charge in [-0.2, -0.15) is 5.26 Å². The van der Waals surface area contributed by atoms with Gasteiger partial charge < -0.3 is 0 Å². The molecule has 2 rings (SSSR count). The van der Waals surface area contributed by atoms with Gasteiger partial charge in [-0.1, -0.05) is 23.5 Å². The van der Waals surface area contributed by atoms with E-state index < -0.39 is 0 Å². The molecule has 0 amide bonds. The predicted octanol–water partition coefficient (Wildman–Crippen LogP) is 2.45. The average Bonchev–Trinajstić information content (AvgIpc) is 2.56. The Morgan fingerprint density at radius 1 is 1.41 bits per heavy atom. The van der Waals surface area contributed by atoms with E-state index in [4.69, 9.17) is 5.26 Å². The van der Waals surface area contributed by atoms with Crippen molar-refractivity contribution in [1.82, 2.24) is 4.57 Å². The lowest BCUT2D eigenvalue weighted by Gasteiger charge is -2.05. The van der Waals surface area contributed by atoms with Crippen LogP contribution in [-0.4, -0.2) is 4.57 Å². The Morgan fingerprint density at radius 3 is 2.76 bits per heavy atom. The first kappa shape index (κ1) is 11.6. The smallest absolute Gasteiger partial charge is 0.299 e. The highest BCUT2D eigenvalue weighted by molar-refractivity contribution is 7.09. The predicted molar refractivity (Wildman–Crippen MR) is 68.3 cm³/mol. The molecule has 86 valence electrons. The van der Waals surface area contributed by atoms with E-state index in [1.807, 2.05) is 32.0 Å². The topological polar surface area (TPSA) is 45.8 Å². The zero-order chi connectivity index (χ0) is 12.4. The quantitative estimate of drug-likeness (QED) is 0.814. The molecule has 0 fully saturated rings. The lowest BCUT2D eigenvalue weighted by atomic mass is 10.1. The molecule has 4 heteroatoms. The summed E-state index contributed by atoms with van der Waals surface area (Å²) in [4.78, 5) is 12.8. The third-order valence-corrected chi connectivity index (χ3v) is 3.77. The number of nitriles is 1. The fraction of sp³-hybridized carbons (Fsp3) is 0.231. The normalized spacial score (nSPS) is 10.2. The standard InChI is InChI=1S/C13H12N2OS/c1-9-10(2)17-13(16)15(9)8-12-5-3-4-11(6-12)7-14/h3-6H,8H2,1-2H3. The lowest BCUT2D eigenvalue weighted by Crippen LogP contribution is -2.15. The molecule has 3 nitrogen and oxygen atoms in total. The van der Waals surface area contributed by atoms with Crippen LogP contribution in [0.15, 0.2) is 29.1 Å². The van der Waals surface area contributed by atoms with Crippen molar-refractivity contribution in [1.29, 1.82) is 5.26 Å². The Morgan fingerprint density at radius 2 is 2.18 bits per heavy atom. The molecule has 0 aliphatic heterocycles. The highest BCUT2D eigenvalue weighted by Crippen LogP contribution is 2.12. The number of hydrogen-bond donors (Lipinski definition) is 0. The molecule has 0 saturated heterocycles. The number of rotatable bonds is 2. The summed E-state index contributed by atoms with van der Waals surface area (Å²) in [6.07, 6.45) is 0. The summed E-state index contributed by atoms with van der Waals surface area (Å²) in [5, 5.41) is 8.82. The van der Waals surface area contributed by atoms with Crippen molar-refractivity contribution in [2.45, 2.75) is 20.4 Å². The summed E-state index contributed by atoms with van der Waals surface area (Å²) < 4.78 is 1.75.